The van der Waals surface area contributed by atoms with Gasteiger partial charge in [0.25, 0.3) is 0 Å². The van der Waals surface area contributed by atoms with Gasteiger partial charge in [0.1, 0.15) is 19.0 Å². The molecular weight excluding hydrogens is 142 g/mol. The molecule has 0 aliphatic carbocycles. The van der Waals surface area contributed by atoms with Crippen LogP contribution in [0.2, 0.25) is 0 Å². The van der Waals surface area contributed by atoms with Gasteiger partial charge < -0.3 is 4.42 Å². The maximum absolute atomic E-state index is 4.58. The van der Waals surface area contributed by atoms with E-state index in [9.17, 15) is 0 Å². The van der Waals surface area contributed by atoms with Crippen LogP contribution < -0.4 is 0 Å². The van der Waals surface area contributed by atoms with Gasteiger partial charge in [-0.25, -0.2) is 15.0 Å². The fraction of sp³-hybridized carbons (Fsp3) is 0. The number of rotatable bonds is 0. The zero-order valence-electron chi connectivity index (χ0n) is 5.79. The molecule has 2 aromatic heterocycles. The van der Waals surface area contributed by atoms with Crippen molar-refractivity contribution >= 4 is 0 Å². The highest BCUT2D eigenvalue weighted by Crippen LogP contribution is 1.79. The van der Waals surface area contributed by atoms with Gasteiger partial charge in [-0.1, -0.05) is 0 Å². The summed E-state index contributed by atoms with van der Waals surface area (Å²) < 4.78 is 4.58. The second kappa shape index (κ2) is 5.10. The molecule has 0 saturated carbocycles. The van der Waals surface area contributed by atoms with E-state index in [1.54, 1.807) is 12.5 Å². The molecule has 4 heteroatoms. The van der Waals surface area contributed by atoms with Gasteiger partial charge in [0.2, 0.25) is 0 Å². The molecule has 0 N–H and O–H groups in total. The molecule has 4 nitrogen and oxygen atoms in total. The van der Waals surface area contributed by atoms with E-state index in [-0.39, 0.29) is 0 Å². The van der Waals surface area contributed by atoms with Crippen LogP contribution in [0.1, 0.15) is 0 Å². The van der Waals surface area contributed by atoms with E-state index in [0.29, 0.717) is 0 Å². The Kier molecular flexibility index (Phi) is 3.43. The first kappa shape index (κ1) is 7.40. The summed E-state index contributed by atoms with van der Waals surface area (Å²) in [7, 11) is 0. The minimum absolute atomic E-state index is 1.44. The summed E-state index contributed by atoms with van der Waals surface area (Å²) in [5.41, 5.74) is 0. The van der Waals surface area contributed by atoms with Gasteiger partial charge in [0, 0.05) is 0 Å². The molecule has 2 heterocycles. The summed E-state index contributed by atoms with van der Waals surface area (Å²) in [4.78, 5) is 10.7. The molecule has 2 rings (SSSR count). The van der Waals surface area contributed by atoms with Crippen molar-refractivity contribution in [2.75, 3.05) is 0 Å². The van der Waals surface area contributed by atoms with E-state index in [0.717, 1.165) is 0 Å². The molecular formula is C7H7N3O. The predicted molar refractivity (Wildman–Crippen MR) is 38.5 cm³/mol. The fourth-order valence-corrected chi connectivity index (χ4v) is 0.432. The minimum Gasteiger partial charge on any atom is -0.473 e. The van der Waals surface area contributed by atoms with Crippen LogP contribution >= 0.6 is 0 Å². The lowest BCUT2D eigenvalue weighted by Crippen LogP contribution is -1.73. The minimum atomic E-state index is 1.44. The third-order valence-electron chi connectivity index (χ3n) is 0.825. The third-order valence-corrected chi connectivity index (χ3v) is 0.825. The highest BCUT2D eigenvalue weighted by molar-refractivity contribution is 4.79. The van der Waals surface area contributed by atoms with Crippen LogP contribution in [0, 0.1) is 0 Å². The number of furan rings is 1. The maximum Gasteiger partial charge on any atom is 0.119 e. The van der Waals surface area contributed by atoms with Crippen LogP contribution in [0.4, 0.5) is 0 Å². The van der Waals surface area contributed by atoms with Crippen molar-refractivity contribution in [3.8, 4) is 0 Å². The largest absolute Gasteiger partial charge is 0.473 e. The molecule has 11 heavy (non-hydrogen) atoms. The molecule has 0 atom stereocenters. The second-order valence-electron chi connectivity index (χ2n) is 1.59. The summed E-state index contributed by atoms with van der Waals surface area (Å²) in [5.74, 6) is 0. The number of hydrogen-bond acceptors (Lipinski definition) is 4. The highest BCUT2D eigenvalue weighted by Gasteiger charge is 1.59. The first-order valence-electron chi connectivity index (χ1n) is 3.02. The maximum atomic E-state index is 4.58. The lowest BCUT2D eigenvalue weighted by molar-refractivity contribution is 0.567. The van der Waals surface area contributed by atoms with Crippen LogP contribution in [0.5, 0.6) is 0 Å². The Morgan fingerprint density at radius 3 is 1.36 bits per heavy atom. The lowest BCUT2D eigenvalue weighted by atomic mass is 10.7. The van der Waals surface area contributed by atoms with E-state index in [1.165, 1.54) is 19.0 Å². The molecule has 0 aromatic carbocycles. The van der Waals surface area contributed by atoms with E-state index < -0.39 is 0 Å². The zero-order chi connectivity index (χ0) is 7.78. The fourth-order valence-electron chi connectivity index (χ4n) is 0.432. The topological polar surface area (TPSA) is 51.8 Å². The Morgan fingerprint density at radius 1 is 0.727 bits per heavy atom. The van der Waals surface area contributed by atoms with Gasteiger partial charge in [-0.15, -0.1) is 0 Å². The Hall–Kier alpha value is -1.71. The van der Waals surface area contributed by atoms with Gasteiger partial charge >= 0.3 is 0 Å². The average Bonchev–Trinajstić information content (AvgIpc) is 2.64. The molecule has 0 radical (unpaired) electrons. The van der Waals surface area contributed by atoms with Gasteiger partial charge in [0.15, 0.2) is 0 Å². The lowest BCUT2D eigenvalue weighted by Gasteiger charge is -1.69. The monoisotopic (exact) mass is 149 g/mol. The van der Waals surface area contributed by atoms with Crippen molar-refractivity contribution in [2.24, 2.45) is 0 Å². The zero-order valence-corrected chi connectivity index (χ0v) is 5.79. The van der Waals surface area contributed by atoms with Crippen molar-refractivity contribution in [1.82, 2.24) is 15.0 Å². The summed E-state index contributed by atoms with van der Waals surface area (Å²) >= 11 is 0. The first-order chi connectivity index (χ1) is 5.50. The van der Waals surface area contributed by atoms with Crippen molar-refractivity contribution < 1.29 is 4.42 Å². The summed E-state index contributed by atoms with van der Waals surface area (Å²) in [6.07, 6.45) is 7.56. The summed E-state index contributed by atoms with van der Waals surface area (Å²) in [6.45, 7) is 0. The van der Waals surface area contributed by atoms with Crippen LogP contribution in [0.25, 0.3) is 0 Å². The quantitative estimate of drug-likeness (QED) is 0.563. The molecule has 0 aliphatic rings. The standard InChI is InChI=1S/C4H4O.C3H3N3/c1-2-4-5-3-1;1-4-2-6-3-5-1/h1-4H;1-3H. The molecule has 0 spiro atoms. The highest BCUT2D eigenvalue weighted by atomic mass is 16.3. The van der Waals surface area contributed by atoms with Crippen LogP contribution in [0.3, 0.4) is 0 Å². The molecule has 0 bridgehead atoms. The van der Waals surface area contributed by atoms with Crippen LogP contribution in [-0.2, 0) is 0 Å². The molecule has 0 saturated heterocycles. The van der Waals surface area contributed by atoms with E-state index in [4.69, 9.17) is 0 Å². The Bertz CT molecular complexity index is 200. The predicted octanol–water partition coefficient (Wildman–Crippen LogP) is 1.15. The van der Waals surface area contributed by atoms with Gasteiger partial charge in [-0.05, 0) is 12.1 Å². The van der Waals surface area contributed by atoms with E-state index in [2.05, 4.69) is 19.4 Å². The second-order valence-corrected chi connectivity index (χ2v) is 1.59. The Labute approximate surface area is 63.9 Å². The molecule has 0 amide bonds. The molecule has 56 valence electrons. The Balaban J connectivity index is 0.000000112. The molecule has 0 fully saturated rings. The average molecular weight is 149 g/mol. The molecule has 2 aromatic rings. The van der Waals surface area contributed by atoms with Crippen LogP contribution in [0.15, 0.2) is 48.1 Å². The van der Waals surface area contributed by atoms with Crippen molar-refractivity contribution in [3.05, 3.63) is 43.6 Å². The number of hydrogen-bond donors (Lipinski definition) is 0. The molecule has 0 aliphatic heterocycles. The first-order valence-corrected chi connectivity index (χ1v) is 3.02. The summed E-state index contributed by atoms with van der Waals surface area (Å²) in [6, 6.07) is 3.67. The van der Waals surface area contributed by atoms with Gasteiger partial charge in [0.05, 0.1) is 12.5 Å². The van der Waals surface area contributed by atoms with Gasteiger partial charge in [-0.2, -0.15) is 0 Å². The number of nitrogens with zero attached hydrogens (tertiary/aromatic N) is 3. The van der Waals surface area contributed by atoms with Crippen LogP contribution in [-0.4, -0.2) is 15.0 Å². The normalized spacial score (nSPS) is 8.00. The van der Waals surface area contributed by atoms with Crippen molar-refractivity contribution in [1.29, 1.82) is 0 Å². The SMILES string of the molecule is c1ccoc1.c1ncncn1. The summed E-state index contributed by atoms with van der Waals surface area (Å²) in [5, 5.41) is 0. The van der Waals surface area contributed by atoms with Crippen molar-refractivity contribution in [3.63, 3.8) is 0 Å². The third kappa shape index (κ3) is 3.80. The molecule has 0 unspecified atom stereocenters. The van der Waals surface area contributed by atoms with Crippen molar-refractivity contribution in [2.45, 2.75) is 0 Å². The Morgan fingerprint density at radius 2 is 1.18 bits per heavy atom. The van der Waals surface area contributed by atoms with E-state index >= 15 is 0 Å². The van der Waals surface area contributed by atoms with E-state index in [1.807, 2.05) is 12.1 Å². The smallest absolute Gasteiger partial charge is 0.119 e. The van der Waals surface area contributed by atoms with Gasteiger partial charge in [-0.3, -0.25) is 0 Å². The number of aromatic nitrogens is 3.